The fourth-order valence-corrected chi connectivity index (χ4v) is 1.42. The van der Waals surface area contributed by atoms with Gasteiger partial charge in [-0.3, -0.25) is 0 Å². The summed E-state index contributed by atoms with van der Waals surface area (Å²) < 4.78 is 10.6. The summed E-state index contributed by atoms with van der Waals surface area (Å²) in [7, 11) is 0. The smallest absolute Gasteiger partial charge is 0.320 e. The van der Waals surface area contributed by atoms with Crippen LogP contribution in [0.1, 0.15) is 0 Å². The zero-order valence-electron chi connectivity index (χ0n) is 8.83. The Bertz CT molecular complexity index is 587. The van der Waals surface area contributed by atoms with E-state index in [0.717, 1.165) is 5.69 Å². The van der Waals surface area contributed by atoms with Crippen molar-refractivity contribution in [3.05, 3.63) is 48.7 Å². The summed E-state index contributed by atoms with van der Waals surface area (Å²) in [5.74, 6) is 0.909. The van der Waals surface area contributed by atoms with Crippen molar-refractivity contribution >= 4 is 11.7 Å². The summed E-state index contributed by atoms with van der Waals surface area (Å²) in [6.45, 7) is 0. The van der Waals surface area contributed by atoms with E-state index in [9.17, 15) is 0 Å². The molecule has 0 aliphatic heterocycles. The minimum absolute atomic E-state index is 0.336. The molecule has 0 spiro atoms. The predicted molar refractivity (Wildman–Crippen MR) is 61.7 cm³/mol. The molecule has 1 N–H and O–H groups in total. The highest BCUT2D eigenvalue weighted by Gasteiger charge is 2.10. The Balaban J connectivity index is 1.82. The standard InChI is InChI=1S/C12H9N3O2/c1-2-5-9(6-3-1)13-12-15-14-11(17-12)10-7-4-8-16-10/h1-8H,(H,13,15). The zero-order chi connectivity index (χ0) is 11.5. The van der Waals surface area contributed by atoms with E-state index in [-0.39, 0.29) is 0 Å². The molecule has 1 aromatic carbocycles. The van der Waals surface area contributed by atoms with Gasteiger partial charge in [0.1, 0.15) is 0 Å². The lowest BCUT2D eigenvalue weighted by atomic mass is 10.3. The van der Waals surface area contributed by atoms with E-state index in [2.05, 4.69) is 15.5 Å². The van der Waals surface area contributed by atoms with E-state index in [1.54, 1.807) is 18.4 Å². The van der Waals surface area contributed by atoms with Crippen LogP contribution in [0.15, 0.2) is 57.6 Å². The molecule has 2 heterocycles. The van der Waals surface area contributed by atoms with Crippen LogP contribution in [-0.2, 0) is 0 Å². The summed E-state index contributed by atoms with van der Waals surface area (Å²) in [6, 6.07) is 13.5. The summed E-state index contributed by atoms with van der Waals surface area (Å²) in [6.07, 6.45) is 1.56. The molecule has 0 radical (unpaired) electrons. The van der Waals surface area contributed by atoms with Crippen LogP contribution in [-0.4, -0.2) is 10.2 Å². The van der Waals surface area contributed by atoms with E-state index >= 15 is 0 Å². The number of nitrogens with one attached hydrogen (secondary N) is 1. The number of anilines is 2. The lowest BCUT2D eigenvalue weighted by molar-refractivity contribution is 0.524. The molecule has 84 valence electrons. The van der Waals surface area contributed by atoms with Crippen molar-refractivity contribution in [3.8, 4) is 11.7 Å². The highest BCUT2D eigenvalue weighted by Crippen LogP contribution is 2.21. The topological polar surface area (TPSA) is 64.1 Å². The highest BCUT2D eigenvalue weighted by atomic mass is 16.4. The van der Waals surface area contributed by atoms with Gasteiger partial charge in [0.15, 0.2) is 5.76 Å². The maximum Gasteiger partial charge on any atom is 0.320 e. The van der Waals surface area contributed by atoms with Gasteiger partial charge < -0.3 is 14.2 Å². The van der Waals surface area contributed by atoms with Crippen molar-refractivity contribution < 1.29 is 8.83 Å². The molecule has 0 amide bonds. The van der Waals surface area contributed by atoms with Gasteiger partial charge in [0.25, 0.3) is 5.89 Å². The lowest BCUT2D eigenvalue weighted by Crippen LogP contribution is -1.88. The molecule has 3 aromatic rings. The number of nitrogens with zero attached hydrogens (tertiary/aromatic N) is 2. The van der Waals surface area contributed by atoms with Crippen LogP contribution in [0.25, 0.3) is 11.7 Å². The quantitative estimate of drug-likeness (QED) is 0.744. The summed E-state index contributed by atoms with van der Waals surface area (Å²) in [5.41, 5.74) is 0.891. The SMILES string of the molecule is c1ccc(Nc2nnc(-c3ccco3)o2)cc1. The first-order valence-electron chi connectivity index (χ1n) is 5.11. The van der Waals surface area contributed by atoms with Crippen molar-refractivity contribution in [3.63, 3.8) is 0 Å². The first-order valence-corrected chi connectivity index (χ1v) is 5.11. The van der Waals surface area contributed by atoms with Crippen molar-refractivity contribution in [2.24, 2.45) is 0 Å². The molecule has 0 unspecified atom stereocenters. The van der Waals surface area contributed by atoms with Crippen LogP contribution < -0.4 is 5.32 Å². The highest BCUT2D eigenvalue weighted by molar-refractivity contribution is 5.53. The third-order valence-electron chi connectivity index (χ3n) is 2.18. The van der Waals surface area contributed by atoms with E-state index < -0.39 is 0 Å². The number of para-hydroxylation sites is 1. The Morgan fingerprint density at radius 2 is 1.82 bits per heavy atom. The predicted octanol–water partition coefficient (Wildman–Crippen LogP) is 3.07. The molecule has 17 heavy (non-hydrogen) atoms. The largest absolute Gasteiger partial charge is 0.459 e. The molecule has 0 aliphatic rings. The molecule has 2 aromatic heterocycles. The van der Waals surface area contributed by atoms with Crippen molar-refractivity contribution in [2.75, 3.05) is 5.32 Å². The fraction of sp³-hybridized carbons (Fsp3) is 0. The fourth-order valence-electron chi connectivity index (χ4n) is 1.42. The zero-order valence-corrected chi connectivity index (χ0v) is 8.83. The molecule has 0 fully saturated rings. The van der Waals surface area contributed by atoms with Crippen LogP contribution in [0.3, 0.4) is 0 Å². The van der Waals surface area contributed by atoms with Gasteiger partial charge in [-0.2, -0.15) is 0 Å². The van der Waals surface area contributed by atoms with Crippen LogP contribution in [0.5, 0.6) is 0 Å². The molecule has 0 atom stereocenters. The van der Waals surface area contributed by atoms with Gasteiger partial charge >= 0.3 is 6.01 Å². The van der Waals surface area contributed by atoms with E-state index in [1.807, 2.05) is 30.3 Å². The van der Waals surface area contributed by atoms with Gasteiger partial charge in [-0.05, 0) is 24.3 Å². The average molecular weight is 227 g/mol. The van der Waals surface area contributed by atoms with Crippen LogP contribution >= 0.6 is 0 Å². The minimum atomic E-state index is 0.336. The molecule has 0 aliphatic carbocycles. The number of hydrogen-bond acceptors (Lipinski definition) is 5. The average Bonchev–Trinajstić information content (AvgIpc) is 3.00. The van der Waals surface area contributed by atoms with Crippen molar-refractivity contribution in [1.29, 1.82) is 0 Å². The van der Waals surface area contributed by atoms with Crippen LogP contribution in [0.4, 0.5) is 11.7 Å². The van der Waals surface area contributed by atoms with Gasteiger partial charge in [-0.1, -0.05) is 23.3 Å². The van der Waals surface area contributed by atoms with E-state index in [4.69, 9.17) is 8.83 Å². The number of furan rings is 1. The summed E-state index contributed by atoms with van der Waals surface area (Å²) >= 11 is 0. The second-order valence-electron chi connectivity index (χ2n) is 3.38. The maximum atomic E-state index is 5.40. The first-order chi connectivity index (χ1) is 8.42. The lowest BCUT2D eigenvalue weighted by Gasteiger charge is -1.98. The van der Waals surface area contributed by atoms with Gasteiger partial charge in [-0.25, -0.2) is 0 Å². The monoisotopic (exact) mass is 227 g/mol. The van der Waals surface area contributed by atoms with Gasteiger partial charge in [0.05, 0.1) is 6.26 Å². The molecular weight excluding hydrogens is 218 g/mol. The minimum Gasteiger partial charge on any atom is -0.459 e. The van der Waals surface area contributed by atoms with Crippen LogP contribution in [0.2, 0.25) is 0 Å². The van der Waals surface area contributed by atoms with E-state index in [1.165, 1.54) is 0 Å². The van der Waals surface area contributed by atoms with Crippen molar-refractivity contribution in [2.45, 2.75) is 0 Å². The Morgan fingerprint density at radius 1 is 0.941 bits per heavy atom. The summed E-state index contributed by atoms with van der Waals surface area (Å²) in [4.78, 5) is 0. The molecule has 5 heteroatoms. The number of hydrogen-bond donors (Lipinski definition) is 1. The molecule has 3 rings (SSSR count). The maximum absolute atomic E-state index is 5.40. The molecule has 0 saturated heterocycles. The summed E-state index contributed by atoms with van der Waals surface area (Å²) in [5, 5.41) is 10.8. The third kappa shape index (κ3) is 2.03. The third-order valence-corrected chi connectivity index (χ3v) is 2.18. The van der Waals surface area contributed by atoms with Gasteiger partial charge in [-0.15, -0.1) is 5.10 Å². The molecular formula is C12H9N3O2. The number of rotatable bonds is 3. The van der Waals surface area contributed by atoms with Gasteiger partial charge in [0, 0.05) is 5.69 Å². The normalized spacial score (nSPS) is 10.4. The Morgan fingerprint density at radius 3 is 2.59 bits per heavy atom. The van der Waals surface area contributed by atoms with Crippen molar-refractivity contribution in [1.82, 2.24) is 10.2 Å². The van der Waals surface area contributed by atoms with E-state index in [0.29, 0.717) is 17.7 Å². The second kappa shape index (κ2) is 4.13. The Hall–Kier alpha value is -2.56. The molecule has 5 nitrogen and oxygen atoms in total. The molecule has 0 saturated carbocycles. The Labute approximate surface area is 97.1 Å². The molecule has 0 bridgehead atoms. The van der Waals surface area contributed by atoms with Crippen LogP contribution in [0, 0.1) is 0 Å². The second-order valence-corrected chi connectivity index (χ2v) is 3.38. The first kappa shape index (κ1) is 9.65. The number of aromatic nitrogens is 2. The van der Waals surface area contributed by atoms with Gasteiger partial charge in [0.2, 0.25) is 0 Å². The number of benzene rings is 1. The Kier molecular flexibility index (Phi) is 2.34.